The first-order chi connectivity index (χ1) is 13.2. The lowest BCUT2D eigenvalue weighted by Crippen LogP contribution is -2.13. The summed E-state index contributed by atoms with van der Waals surface area (Å²) < 4.78 is 11.2. The van der Waals surface area contributed by atoms with E-state index < -0.39 is 0 Å². The van der Waals surface area contributed by atoms with Crippen LogP contribution in [-0.4, -0.2) is 7.11 Å². The fraction of sp³-hybridized carbons (Fsp3) is 0.182. The van der Waals surface area contributed by atoms with Gasteiger partial charge in [0.15, 0.2) is 5.75 Å². The van der Waals surface area contributed by atoms with Crippen LogP contribution >= 0.6 is 23.2 Å². The Bertz CT molecular complexity index is 861. The SMILES string of the molecule is COc1ccccc1CNCc1cc(Cl)c(OCc2ccccc2)c(Cl)c1. The molecule has 0 fully saturated rings. The first-order valence-corrected chi connectivity index (χ1v) is 9.40. The van der Waals surface area contributed by atoms with Gasteiger partial charge in [-0.25, -0.2) is 0 Å². The highest BCUT2D eigenvalue weighted by molar-refractivity contribution is 6.37. The first kappa shape index (κ1) is 19.6. The predicted octanol–water partition coefficient (Wildman–Crippen LogP) is 5.87. The Balaban J connectivity index is 1.60. The van der Waals surface area contributed by atoms with Gasteiger partial charge in [0.2, 0.25) is 0 Å². The molecule has 0 spiro atoms. The molecule has 0 aromatic heterocycles. The highest BCUT2D eigenvalue weighted by atomic mass is 35.5. The molecular weight excluding hydrogens is 381 g/mol. The fourth-order valence-electron chi connectivity index (χ4n) is 2.77. The molecule has 0 bridgehead atoms. The van der Waals surface area contributed by atoms with Crippen LogP contribution in [0.3, 0.4) is 0 Å². The number of methoxy groups -OCH3 is 1. The number of rotatable bonds is 8. The van der Waals surface area contributed by atoms with Gasteiger partial charge in [0.1, 0.15) is 12.4 Å². The van der Waals surface area contributed by atoms with Gasteiger partial charge >= 0.3 is 0 Å². The number of benzene rings is 3. The van der Waals surface area contributed by atoms with Gasteiger partial charge in [0.05, 0.1) is 17.2 Å². The van der Waals surface area contributed by atoms with Crippen molar-refractivity contribution >= 4 is 23.2 Å². The van der Waals surface area contributed by atoms with E-state index in [1.54, 1.807) is 7.11 Å². The molecule has 0 heterocycles. The topological polar surface area (TPSA) is 30.5 Å². The third-order valence-corrected chi connectivity index (χ3v) is 4.68. The van der Waals surface area contributed by atoms with Gasteiger partial charge in [-0.1, -0.05) is 71.7 Å². The van der Waals surface area contributed by atoms with Crippen molar-refractivity contribution in [3.63, 3.8) is 0 Å². The molecule has 0 aliphatic carbocycles. The molecule has 0 unspecified atom stereocenters. The van der Waals surface area contributed by atoms with E-state index in [-0.39, 0.29) is 0 Å². The zero-order chi connectivity index (χ0) is 19.1. The highest BCUT2D eigenvalue weighted by Gasteiger charge is 2.10. The third-order valence-electron chi connectivity index (χ3n) is 4.12. The zero-order valence-electron chi connectivity index (χ0n) is 15.0. The molecule has 140 valence electrons. The molecule has 0 atom stereocenters. The van der Waals surface area contributed by atoms with Gasteiger partial charge in [0.25, 0.3) is 0 Å². The fourth-order valence-corrected chi connectivity index (χ4v) is 3.41. The van der Waals surface area contributed by atoms with Gasteiger partial charge in [-0.2, -0.15) is 0 Å². The number of para-hydroxylation sites is 1. The van der Waals surface area contributed by atoms with E-state index >= 15 is 0 Å². The van der Waals surface area contributed by atoms with E-state index in [1.165, 1.54) is 0 Å². The Hall–Kier alpha value is -2.20. The number of hydrogen-bond donors (Lipinski definition) is 1. The summed E-state index contributed by atoms with van der Waals surface area (Å²) in [6.07, 6.45) is 0. The third kappa shape index (κ3) is 5.39. The monoisotopic (exact) mass is 401 g/mol. The quantitative estimate of drug-likeness (QED) is 0.511. The summed E-state index contributed by atoms with van der Waals surface area (Å²) in [5.41, 5.74) is 3.15. The van der Waals surface area contributed by atoms with Crippen molar-refractivity contribution in [3.05, 3.63) is 93.5 Å². The molecular formula is C22H21Cl2NO2. The van der Waals surface area contributed by atoms with Crippen LogP contribution in [0.1, 0.15) is 16.7 Å². The van der Waals surface area contributed by atoms with Crippen molar-refractivity contribution in [2.45, 2.75) is 19.7 Å². The van der Waals surface area contributed by atoms with Gasteiger partial charge in [-0.05, 0) is 29.3 Å². The van der Waals surface area contributed by atoms with Crippen molar-refractivity contribution in [3.8, 4) is 11.5 Å². The smallest absolute Gasteiger partial charge is 0.156 e. The molecule has 0 aliphatic heterocycles. The van der Waals surface area contributed by atoms with E-state index in [0.29, 0.717) is 35.5 Å². The minimum absolute atomic E-state index is 0.422. The predicted molar refractivity (Wildman–Crippen MR) is 111 cm³/mol. The van der Waals surface area contributed by atoms with Crippen LogP contribution in [0.15, 0.2) is 66.7 Å². The molecule has 0 aliphatic rings. The van der Waals surface area contributed by atoms with E-state index in [4.69, 9.17) is 32.7 Å². The summed E-state index contributed by atoms with van der Waals surface area (Å²) in [5, 5.41) is 4.40. The lowest BCUT2D eigenvalue weighted by atomic mass is 10.1. The van der Waals surface area contributed by atoms with Crippen molar-refractivity contribution < 1.29 is 9.47 Å². The van der Waals surface area contributed by atoms with E-state index in [2.05, 4.69) is 5.32 Å². The molecule has 3 aromatic carbocycles. The normalized spacial score (nSPS) is 10.6. The molecule has 0 amide bonds. The molecule has 3 nitrogen and oxygen atoms in total. The second-order valence-electron chi connectivity index (χ2n) is 6.08. The van der Waals surface area contributed by atoms with Crippen LogP contribution in [0.4, 0.5) is 0 Å². The second kappa shape index (κ2) is 9.65. The molecule has 27 heavy (non-hydrogen) atoms. The standard InChI is InChI=1S/C22H21Cl2NO2/c1-26-21-10-6-5-9-18(21)14-25-13-17-11-19(23)22(20(24)12-17)27-15-16-7-3-2-4-8-16/h2-12,25H,13-15H2,1H3. The van der Waals surface area contributed by atoms with Crippen LogP contribution < -0.4 is 14.8 Å². The van der Waals surface area contributed by atoms with Crippen LogP contribution in [0.2, 0.25) is 10.0 Å². The summed E-state index contributed by atoms with van der Waals surface area (Å²) in [7, 11) is 1.67. The van der Waals surface area contributed by atoms with Gasteiger partial charge < -0.3 is 14.8 Å². The number of halogens is 2. The lowest BCUT2D eigenvalue weighted by Gasteiger charge is -2.13. The summed E-state index contributed by atoms with van der Waals surface area (Å²) in [6, 6.07) is 21.6. The van der Waals surface area contributed by atoms with E-state index in [1.807, 2.05) is 66.7 Å². The number of ether oxygens (including phenoxy) is 2. The Morgan fingerprint density at radius 3 is 2.19 bits per heavy atom. The van der Waals surface area contributed by atoms with Crippen LogP contribution in [0, 0.1) is 0 Å². The molecule has 0 radical (unpaired) electrons. The Morgan fingerprint density at radius 2 is 1.48 bits per heavy atom. The van der Waals surface area contributed by atoms with Crippen molar-refractivity contribution in [1.29, 1.82) is 0 Å². The maximum atomic E-state index is 6.39. The molecule has 3 rings (SSSR count). The molecule has 0 saturated heterocycles. The molecule has 5 heteroatoms. The Labute approximate surface area is 169 Å². The molecule has 3 aromatic rings. The van der Waals surface area contributed by atoms with Gasteiger partial charge in [-0.3, -0.25) is 0 Å². The second-order valence-corrected chi connectivity index (χ2v) is 6.89. The van der Waals surface area contributed by atoms with Crippen LogP contribution in [0.25, 0.3) is 0 Å². The average molecular weight is 402 g/mol. The lowest BCUT2D eigenvalue weighted by molar-refractivity contribution is 0.306. The number of hydrogen-bond acceptors (Lipinski definition) is 3. The maximum Gasteiger partial charge on any atom is 0.156 e. The maximum absolute atomic E-state index is 6.39. The van der Waals surface area contributed by atoms with E-state index in [9.17, 15) is 0 Å². The average Bonchev–Trinajstić information content (AvgIpc) is 2.68. The summed E-state index contributed by atoms with van der Waals surface area (Å²) >= 11 is 12.8. The summed E-state index contributed by atoms with van der Waals surface area (Å²) in [6.45, 7) is 1.74. The summed E-state index contributed by atoms with van der Waals surface area (Å²) in [4.78, 5) is 0. The minimum atomic E-state index is 0.422. The van der Waals surface area contributed by atoms with E-state index in [0.717, 1.165) is 22.4 Å². The van der Waals surface area contributed by atoms with Gasteiger partial charge in [-0.15, -0.1) is 0 Å². The highest BCUT2D eigenvalue weighted by Crippen LogP contribution is 2.34. The molecule has 0 saturated carbocycles. The van der Waals surface area contributed by atoms with Crippen molar-refractivity contribution in [2.24, 2.45) is 0 Å². The zero-order valence-corrected chi connectivity index (χ0v) is 16.6. The Kier molecular flexibility index (Phi) is 6.99. The Morgan fingerprint density at radius 1 is 0.815 bits per heavy atom. The van der Waals surface area contributed by atoms with Crippen molar-refractivity contribution in [2.75, 3.05) is 7.11 Å². The number of nitrogens with one attached hydrogen (secondary N) is 1. The minimum Gasteiger partial charge on any atom is -0.496 e. The van der Waals surface area contributed by atoms with Gasteiger partial charge in [0, 0.05) is 18.7 Å². The first-order valence-electron chi connectivity index (χ1n) is 8.64. The molecule has 1 N–H and O–H groups in total. The largest absolute Gasteiger partial charge is 0.496 e. The van der Waals surface area contributed by atoms with Crippen LogP contribution in [0.5, 0.6) is 11.5 Å². The summed E-state index contributed by atoms with van der Waals surface area (Å²) in [5.74, 6) is 1.38. The van der Waals surface area contributed by atoms with Crippen LogP contribution in [-0.2, 0) is 19.7 Å². The van der Waals surface area contributed by atoms with Crippen molar-refractivity contribution in [1.82, 2.24) is 5.32 Å².